The minimum Gasteiger partial charge on any atom is -0.481 e. The molecule has 3 N–H and O–H groups in total. The van der Waals surface area contributed by atoms with Crippen molar-refractivity contribution in [3.05, 3.63) is 44.3 Å². The van der Waals surface area contributed by atoms with Gasteiger partial charge in [-0.1, -0.05) is 6.58 Å². The third kappa shape index (κ3) is 3.17. The molecule has 0 unspecified atom stereocenters. The van der Waals surface area contributed by atoms with Crippen LogP contribution in [0.15, 0.2) is 16.7 Å². The van der Waals surface area contributed by atoms with E-state index in [1.165, 1.54) is 0 Å². The van der Waals surface area contributed by atoms with Crippen molar-refractivity contribution in [1.29, 1.82) is 0 Å². The number of rotatable bonds is 4. The second-order valence-corrected chi connectivity index (χ2v) is 5.35. The van der Waals surface area contributed by atoms with E-state index in [1.54, 1.807) is 0 Å². The Labute approximate surface area is 119 Å². The van der Waals surface area contributed by atoms with Crippen LogP contribution in [0.25, 0.3) is 12.7 Å². The van der Waals surface area contributed by atoms with Crippen LogP contribution < -0.4 is 10.7 Å². The highest BCUT2D eigenvalue weighted by Crippen LogP contribution is 2.11. The second kappa shape index (κ2) is 5.48. The first kappa shape index (κ1) is 13.7. The lowest BCUT2D eigenvalue weighted by atomic mass is 10.1. The maximum atomic E-state index is 10.6. The summed E-state index contributed by atoms with van der Waals surface area (Å²) in [6.45, 7) is 5.92. The van der Waals surface area contributed by atoms with E-state index >= 15 is 0 Å². The summed E-state index contributed by atoms with van der Waals surface area (Å²) in [7, 11) is 0. The lowest BCUT2D eigenvalue weighted by Crippen LogP contribution is -2.10. The predicted molar refractivity (Wildman–Crippen MR) is 78.3 cm³/mol. The van der Waals surface area contributed by atoms with Crippen molar-refractivity contribution in [3.8, 4) is 0 Å². The van der Waals surface area contributed by atoms with Gasteiger partial charge in [-0.3, -0.25) is 4.79 Å². The van der Waals surface area contributed by atoms with E-state index in [-0.39, 0.29) is 6.42 Å². The molecule has 0 bridgehead atoms. The van der Waals surface area contributed by atoms with Crippen molar-refractivity contribution >= 4 is 34.6 Å². The molecule has 2 heterocycles. The van der Waals surface area contributed by atoms with Gasteiger partial charge >= 0.3 is 5.97 Å². The molecule has 2 aromatic heterocycles. The van der Waals surface area contributed by atoms with Gasteiger partial charge in [-0.15, -0.1) is 0 Å². The number of H-pyrrole nitrogens is 2. The number of aromatic amines is 2. The molecule has 0 aliphatic carbocycles. The van der Waals surface area contributed by atoms with Crippen molar-refractivity contribution in [3.63, 3.8) is 0 Å². The summed E-state index contributed by atoms with van der Waals surface area (Å²) in [5.41, 5.74) is 3.01. The molecule has 4 nitrogen and oxygen atoms in total. The van der Waals surface area contributed by atoms with Crippen LogP contribution in [0, 0.1) is 6.92 Å². The molecule has 19 heavy (non-hydrogen) atoms. The minimum atomic E-state index is -0.793. The summed E-state index contributed by atoms with van der Waals surface area (Å²) in [4.78, 5) is 17.0. The average Bonchev–Trinajstić information content (AvgIpc) is 2.83. The Morgan fingerprint density at radius 3 is 2.89 bits per heavy atom. The SMILES string of the molecule is C=c1[nH]/c(=C\c2cc(Br)c[nH]2)c(C)c1CCC(=O)O. The van der Waals surface area contributed by atoms with Crippen molar-refractivity contribution in [1.82, 2.24) is 9.97 Å². The summed E-state index contributed by atoms with van der Waals surface area (Å²) in [5, 5.41) is 10.5. The quantitative estimate of drug-likeness (QED) is 0.801. The lowest BCUT2D eigenvalue weighted by molar-refractivity contribution is -0.136. The largest absolute Gasteiger partial charge is 0.481 e. The highest BCUT2D eigenvalue weighted by Gasteiger charge is 2.07. The first-order valence-electron chi connectivity index (χ1n) is 5.91. The summed E-state index contributed by atoms with van der Waals surface area (Å²) >= 11 is 3.39. The number of carboxylic acid groups (broad SMARTS) is 1. The first-order valence-corrected chi connectivity index (χ1v) is 6.70. The molecule has 0 aromatic carbocycles. The van der Waals surface area contributed by atoms with E-state index in [1.807, 2.05) is 25.3 Å². The third-order valence-electron chi connectivity index (χ3n) is 3.07. The van der Waals surface area contributed by atoms with E-state index in [0.717, 1.165) is 32.0 Å². The van der Waals surface area contributed by atoms with E-state index in [9.17, 15) is 4.79 Å². The summed E-state index contributed by atoms with van der Waals surface area (Å²) in [6.07, 6.45) is 4.47. The van der Waals surface area contributed by atoms with Gasteiger partial charge in [0, 0.05) is 33.5 Å². The van der Waals surface area contributed by atoms with Gasteiger partial charge in [0.15, 0.2) is 0 Å². The molecule has 0 atom stereocenters. The van der Waals surface area contributed by atoms with E-state index < -0.39 is 5.97 Å². The number of aromatic nitrogens is 2. The molecular weight excluding hydrogens is 308 g/mol. The number of carboxylic acids is 1. The van der Waals surface area contributed by atoms with Crippen LogP contribution in [-0.4, -0.2) is 21.0 Å². The summed E-state index contributed by atoms with van der Waals surface area (Å²) < 4.78 is 0.990. The van der Waals surface area contributed by atoms with Gasteiger partial charge in [-0.2, -0.15) is 0 Å². The molecule has 0 amide bonds. The summed E-state index contributed by atoms with van der Waals surface area (Å²) in [5.74, 6) is -0.793. The Morgan fingerprint density at radius 2 is 2.32 bits per heavy atom. The Kier molecular flexibility index (Phi) is 3.95. The molecule has 0 spiro atoms. The Morgan fingerprint density at radius 1 is 1.58 bits per heavy atom. The maximum Gasteiger partial charge on any atom is 0.303 e. The fourth-order valence-electron chi connectivity index (χ4n) is 2.06. The number of hydrogen-bond acceptors (Lipinski definition) is 1. The van der Waals surface area contributed by atoms with Gasteiger partial charge < -0.3 is 15.1 Å². The molecule has 0 saturated carbocycles. The monoisotopic (exact) mass is 322 g/mol. The highest BCUT2D eigenvalue weighted by molar-refractivity contribution is 9.10. The predicted octanol–water partition coefficient (Wildman–Crippen LogP) is 1.67. The van der Waals surface area contributed by atoms with Crippen LogP contribution in [0.3, 0.4) is 0 Å². The number of halogens is 1. The normalized spacial score (nSPS) is 12.0. The average molecular weight is 323 g/mol. The van der Waals surface area contributed by atoms with Crippen LogP contribution in [0.5, 0.6) is 0 Å². The second-order valence-electron chi connectivity index (χ2n) is 4.43. The van der Waals surface area contributed by atoms with E-state index in [2.05, 4.69) is 32.5 Å². The zero-order valence-corrected chi connectivity index (χ0v) is 12.2. The number of aliphatic carboxylic acids is 1. The Balaban J connectivity index is 2.38. The summed E-state index contributed by atoms with van der Waals surface area (Å²) in [6, 6.07) is 1.97. The smallest absolute Gasteiger partial charge is 0.303 e. The molecule has 0 fully saturated rings. The van der Waals surface area contributed by atoms with Crippen LogP contribution >= 0.6 is 15.9 Å². The van der Waals surface area contributed by atoms with Gasteiger partial charge in [0.2, 0.25) is 0 Å². The van der Waals surface area contributed by atoms with Crippen LogP contribution in [0.4, 0.5) is 0 Å². The minimum absolute atomic E-state index is 0.120. The fourth-order valence-corrected chi connectivity index (χ4v) is 2.42. The molecule has 2 rings (SSSR count). The van der Waals surface area contributed by atoms with Crippen molar-refractivity contribution in [2.45, 2.75) is 19.8 Å². The molecule has 0 aliphatic rings. The van der Waals surface area contributed by atoms with Crippen molar-refractivity contribution in [2.24, 2.45) is 0 Å². The molecule has 100 valence electrons. The van der Waals surface area contributed by atoms with Gasteiger partial charge in [-0.05, 0) is 52.5 Å². The highest BCUT2D eigenvalue weighted by atomic mass is 79.9. The van der Waals surface area contributed by atoms with Crippen molar-refractivity contribution < 1.29 is 9.90 Å². The van der Waals surface area contributed by atoms with Crippen LogP contribution in [-0.2, 0) is 11.2 Å². The van der Waals surface area contributed by atoms with Gasteiger partial charge in [0.1, 0.15) is 0 Å². The zero-order valence-electron chi connectivity index (χ0n) is 10.6. The first-order chi connectivity index (χ1) is 8.97. The molecule has 0 aliphatic heterocycles. The standard InChI is InChI=1S/C14H15BrN2O2/c1-8-12(3-4-14(18)19)9(2)17-13(8)6-11-5-10(15)7-16-11/h5-7,16-17H,2-4H2,1H3,(H,18,19)/b13-6-. The number of carbonyl (C=O) groups is 1. The van der Waals surface area contributed by atoms with Crippen LogP contribution in [0.1, 0.15) is 23.2 Å². The Bertz CT molecular complexity index is 712. The number of nitrogens with one attached hydrogen (secondary N) is 2. The fraction of sp³-hybridized carbons (Fsp3) is 0.214. The molecule has 2 aromatic rings. The Hall–Kier alpha value is -1.75. The maximum absolute atomic E-state index is 10.6. The molecule has 0 radical (unpaired) electrons. The van der Waals surface area contributed by atoms with Crippen molar-refractivity contribution in [2.75, 3.05) is 0 Å². The van der Waals surface area contributed by atoms with E-state index in [0.29, 0.717) is 6.42 Å². The van der Waals surface area contributed by atoms with Crippen LogP contribution in [0.2, 0.25) is 0 Å². The zero-order chi connectivity index (χ0) is 14.0. The lowest BCUT2D eigenvalue weighted by Gasteiger charge is -1.96. The van der Waals surface area contributed by atoms with Gasteiger partial charge in [0.05, 0.1) is 0 Å². The molecule has 0 saturated heterocycles. The molecular formula is C14H15BrN2O2. The van der Waals surface area contributed by atoms with Gasteiger partial charge in [0.25, 0.3) is 0 Å². The van der Waals surface area contributed by atoms with E-state index in [4.69, 9.17) is 5.11 Å². The molecule has 5 heteroatoms. The third-order valence-corrected chi connectivity index (χ3v) is 3.52. The topological polar surface area (TPSA) is 68.9 Å². The number of hydrogen-bond donors (Lipinski definition) is 3. The van der Waals surface area contributed by atoms with Gasteiger partial charge in [-0.25, -0.2) is 0 Å².